The molecule has 0 saturated heterocycles. The Kier molecular flexibility index (Phi) is 5.11. The van der Waals surface area contributed by atoms with Crippen LogP contribution in [0.2, 0.25) is 0 Å². The summed E-state index contributed by atoms with van der Waals surface area (Å²) in [5.74, 6) is 0.785. The van der Waals surface area contributed by atoms with Gasteiger partial charge in [-0.3, -0.25) is 4.79 Å². The summed E-state index contributed by atoms with van der Waals surface area (Å²) in [6.45, 7) is 3.63. The van der Waals surface area contributed by atoms with Gasteiger partial charge in [-0.25, -0.2) is 4.98 Å². The zero-order chi connectivity index (χ0) is 15.2. The van der Waals surface area contributed by atoms with Crippen molar-refractivity contribution in [2.75, 3.05) is 25.0 Å². The lowest BCUT2D eigenvalue weighted by Crippen LogP contribution is -2.36. The molecule has 0 radical (unpaired) electrons. The number of rotatable bonds is 6. The quantitative estimate of drug-likeness (QED) is 0.847. The minimum Gasteiger partial charge on any atom is -0.358 e. The second-order valence-electron chi connectivity index (χ2n) is 4.96. The predicted octanol–water partition coefficient (Wildman–Crippen LogP) is 1.66. The maximum absolute atomic E-state index is 11.7. The van der Waals surface area contributed by atoms with Gasteiger partial charge in [0.15, 0.2) is 0 Å². The fourth-order valence-electron chi connectivity index (χ4n) is 2.36. The van der Waals surface area contributed by atoms with Gasteiger partial charge in [0.1, 0.15) is 5.82 Å². The van der Waals surface area contributed by atoms with Crippen LogP contribution in [0.25, 0.3) is 10.9 Å². The van der Waals surface area contributed by atoms with Crippen LogP contribution in [-0.2, 0) is 11.3 Å². The lowest BCUT2D eigenvalue weighted by molar-refractivity contribution is -0.119. The lowest BCUT2D eigenvalue weighted by Gasteiger charge is -2.23. The third-order valence-corrected chi connectivity index (χ3v) is 3.44. The first-order valence-electron chi connectivity index (χ1n) is 7.23. The van der Waals surface area contributed by atoms with Crippen LogP contribution >= 0.6 is 0 Å². The first-order valence-corrected chi connectivity index (χ1v) is 7.23. The highest BCUT2D eigenvalue weighted by atomic mass is 16.1. The molecule has 0 aliphatic carbocycles. The van der Waals surface area contributed by atoms with Gasteiger partial charge >= 0.3 is 0 Å². The van der Waals surface area contributed by atoms with Crippen LogP contribution in [0.4, 0.5) is 5.82 Å². The van der Waals surface area contributed by atoms with E-state index < -0.39 is 0 Å². The fourth-order valence-corrected chi connectivity index (χ4v) is 2.36. The van der Waals surface area contributed by atoms with Crippen molar-refractivity contribution in [2.45, 2.75) is 19.9 Å². The molecular formula is C16H22N4O. The fraction of sp³-hybridized carbons (Fsp3) is 0.375. The second kappa shape index (κ2) is 7.04. The number of carbonyl (C=O) groups is 1. The Bertz CT molecular complexity index is 627. The van der Waals surface area contributed by atoms with Crippen molar-refractivity contribution in [3.05, 3.63) is 35.9 Å². The molecule has 0 aliphatic heterocycles. The monoisotopic (exact) mass is 286 g/mol. The zero-order valence-electron chi connectivity index (χ0n) is 12.6. The number of aromatic nitrogens is 1. The SMILES string of the molecule is CCCN(CC(=O)NC)c1cc(CN)c2ccccc2n1. The normalized spacial score (nSPS) is 10.6. The van der Waals surface area contributed by atoms with Crippen LogP contribution in [-0.4, -0.2) is 31.0 Å². The van der Waals surface area contributed by atoms with Gasteiger partial charge in [0.2, 0.25) is 5.91 Å². The second-order valence-corrected chi connectivity index (χ2v) is 4.96. The number of hydrogen-bond acceptors (Lipinski definition) is 4. The molecule has 0 fully saturated rings. The zero-order valence-corrected chi connectivity index (χ0v) is 12.6. The van der Waals surface area contributed by atoms with Crippen molar-refractivity contribution >= 4 is 22.6 Å². The molecule has 0 spiro atoms. The average Bonchev–Trinajstić information content (AvgIpc) is 2.53. The molecule has 0 bridgehead atoms. The van der Waals surface area contributed by atoms with Crippen LogP contribution < -0.4 is 16.0 Å². The summed E-state index contributed by atoms with van der Waals surface area (Å²) >= 11 is 0. The Hall–Kier alpha value is -2.14. The minimum atomic E-state index is -0.0206. The lowest BCUT2D eigenvalue weighted by atomic mass is 10.1. The molecule has 1 aromatic heterocycles. The first-order chi connectivity index (χ1) is 10.2. The molecule has 0 saturated carbocycles. The number of nitrogens with one attached hydrogen (secondary N) is 1. The smallest absolute Gasteiger partial charge is 0.239 e. The topological polar surface area (TPSA) is 71.2 Å². The van der Waals surface area contributed by atoms with Gasteiger partial charge in [0.25, 0.3) is 0 Å². The molecule has 5 nitrogen and oxygen atoms in total. The maximum atomic E-state index is 11.7. The van der Waals surface area contributed by atoms with Crippen LogP contribution in [0, 0.1) is 0 Å². The van der Waals surface area contributed by atoms with Gasteiger partial charge in [-0.05, 0) is 24.1 Å². The summed E-state index contributed by atoms with van der Waals surface area (Å²) in [5, 5.41) is 3.73. The van der Waals surface area contributed by atoms with E-state index >= 15 is 0 Å². The number of fused-ring (bicyclic) bond motifs is 1. The van der Waals surface area contributed by atoms with E-state index in [1.54, 1.807) is 7.05 Å². The summed E-state index contributed by atoms with van der Waals surface area (Å²) in [6.07, 6.45) is 0.948. The van der Waals surface area contributed by atoms with E-state index in [-0.39, 0.29) is 5.91 Å². The minimum absolute atomic E-state index is 0.0206. The Labute approximate surface area is 125 Å². The van der Waals surface area contributed by atoms with Crippen LogP contribution in [0.3, 0.4) is 0 Å². The largest absolute Gasteiger partial charge is 0.358 e. The number of hydrogen-bond donors (Lipinski definition) is 2. The Balaban J connectivity index is 2.44. The van der Waals surface area contributed by atoms with Crippen LogP contribution in [0.5, 0.6) is 0 Å². The molecule has 0 unspecified atom stereocenters. The van der Waals surface area contributed by atoms with Crippen LogP contribution in [0.15, 0.2) is 30.3 Å². The molecule has 0 atom stereocenters. The molecule has 5 heteroatoms. The summed E-state index contributed by atoms with van der Waals surface area (Å²) in [5.41, 5.74) is 7.82. The number of amides is 1. The molecular weight excluding hydrogens is 264 g/mol. The van der Waals surface area contributed by atoms with E-state index in [0.717, 1.165) is 35.2 Å². The first kappa shape index (κ1) is 15.3. The number of anilines is 1. The molecule has 0 aliphatic rings. The van der Waals surface area contributed by atoms with Crippen molar-refractivity contribution in [2.24, 2.45) is 5.73 Å². The number of nitrogens with two attached hydrogens (primary N) is 1. The van der Waals surface area contributed by atoms with Crippen LogP contribution in [0.1, 0.15) is 18.9 Å². The summed E-state index contributed by atoms with van der Waals surface area (Å²) in [4.78, 5) is 18.4. The van der Waals surface area contributed by atoms with Gasteiger partial charge in [-0.1, -0.05) is 25.1 Å². The van der Waals surface area contributed by atoms with E-state index in [1.165, 1.54) is 0 Å². The molecule has 1 amide bonds. The van der Waals surface area contributed by atoms with E-state index in [1.807, 2.05) is 35.2 Å². The molecule has 21 heavy (non-hydrogen) atoms. The number of benzene rings is 1. The van der Waals surface area contributed by atoms with Crippen molar-refractivity contribution < 1.29 is 4.79 Å². The standard InChI is InChI=1S/C16H22N4O/c1-3-8-20(11-16(21)18-2)15-9-12(10-17)13-6-4-5-7-14(13)19-15/h4-7,9H,3,8,10-11,17H2,1-2H3,(H,18,21). The summed E-state index contributed by atoms with van der Waals surface area (Å²) < 4.78 is 0. The molecule has 3 N–H and O–H groups in total. The summed E-state index contributed by atoms with van der Waals surface area (Å²) in [7, 11) is 1.64. The molecule has 2 rings (SSSR count). The van der Waals surface area contributed by atoms with Crippen molar-refractivity contribution in [3.8, 4) is 0 Å². The van der Waals surface area contributed by atoms with Gasteiger partial charge in [-0.15, -0.1) is 0 Å². The third-order valence-electron chi connectivity index (χ3n) is 3.44. The van der Waals surface area contributed by atoms with Crippen molar-refractivity contribution in [1.29, 1.82) is 0 Å². The maximum Gasteiger partial charge on any atom is 0.239 e. The molecule has 1 aromatic carbocycles. The average molecular weight is 286 g/mol. The van der Waals surface area contributed by atoms with Crippen molar-refractivity contribution in [3.63, 3.8) is 0 Å². The number of nitrogens with zero attached hydrogens (tertiary/aromatic N) is 2. The highest BCUT2D eigenvalue weighted by molar-refractivity contribution is 5.85. The van der Waals surface area contributed by atoms with Crippen molar-refractivity contribution in [1.82, 2.24) is 10.3 Å². The van der Waals surface area contributed by atoms with E-state index in [4.69, 9.17) is 5.73 Å². The van der Waals surface area contributed by atoms with E-state index in [0.29, 0.717) is 13.1 Å². The van der Waals surface area contributed by atoms with Gasteiger partial charge in [0, 0.05) is 25.5 Å². The van der Waals surface area contributed by atoms with E-state index in [2.05, 4.69) is 17.2 Å². The van der Waals surface area contributed by atoms with Gasteiger partial charge < -0.3 is 16.0 Å². The third kappa shape index (κ3) is 3.49. The molecule has 2 aromatic rings. The van der Waals surface area contributed by atoms with E-state index in [9.17, 15) is 4.79 Å². The highest BCUT2D eigenvalue weighted by Crippen LogP contribution is 2.22. The Morgan fingerprint density at radius 2 is 2.14 bits per heavy atom. The number of para-hydroxylation sites is 1. The number of carbonyl (C=O) groups excluding carboxylic acids is 1. The number of likely N-dealkylation sites (N-methyl/N-ethyl adjacent to an activating group) is 1. The number of pyridine rings is 1. The Morgan fingerprint density at radius 1 is 1.38 bits per heavy atom. The predicted molar refractivity (Wildman–Crippen MR) is 86.2 cm³/mol. The highest BCUT2D eigenvalue weighted by Gasteiger charge is 2.13. The molecule has 1 heterocycles. The van der Waals surface area contributed by atoms with Gasteiger partial charge in [-0.2, -0.15) is 0 Å². The summed E-state index contributed by atoms with van der Waals surface area (Å²) in [6, 6.07) is 9.93. The Morgan fingerprint density at radius 3 is 2.81 bits per heavy atom. The van der Waals surface area contributed by atoms with Gasteiger partial charge in [0.05, 0.1) is 12.1 Å². The molecule has 112 valence electrons.